The normalized spacial score (nSPS) is 22.3. The van der Waals surface area contributed by atoms with Gasteiger partial charge in [-0.2, -0.15) is 13.2 Å². The lowest BCUT2D eigenvalue weighted by molar-refractivity contribution is -0.152. The summed E-state index contributed by atoms with van der Waals surface area (Å²) in [5, 5.41) is 8.94. The van der Waals surface area contributed by atoms with Gasteiger partial charge in [0.15, 0.2) is 0 Å². The summed E-state index contributed by atoms with van der Waals surface area (Å²) >= 11 is 0. The molecule has 0 heterocycles. The van der Waals surface area contributed by atoms with Crippen LogP contribution in [0.25, 0.3) is 0 Å². The Kier molecular flexibility index (Phi) is 4.23. The summed E-state index contributed by atoms with van der Waals surface area (Å²) < 4.78 is 36.4. The van der Waals surface area contributed by atoms with Crippen molar-refractivity contribution in [2.24, 2.45) is 11.8 Å². The van der Waals surface area contributed by atoms with Crippen molar-refractivity contribution < 1.29 is 18.3 Å². The largest absolute Gasteiger partial charge is 0.396 e. The van der Waals surface area contributed by atoms with Gasteiger partial charge in [0, 0.05) is 13.0 Å². The molecule has 1 aliphatic rings. The van der Waals surface area contributed by atoms with Gasteiger partial charge in [-0.05, 0) is 11.8 Å². The second-order valence-electron chi connectivity index (χ2n) is 4.16. The number of halogens is 3. The molecule has 1 nitrogen and oxygen atoms in total. The zero-order valence-electron chi connectivity index (χ0n) is 8.19. The van der Waals surface area contributed by atoms with Crippen LogP contribution in [0.2, 0.25) is 0 Å². The summed E-state index contributed by atoms with van der Waals surface area (Å²) in [6.07, 6.45) is -0.111. The van der Waals surface area contributed by atoms with Crippen LogP contribution < -0.4 is 0 Å². The lowest BCUT2D eigenvalue weighted by Crippen LogP contribution is -2.26. The van der Waals surface area contributed by atoms with E-state index in [2.05, 4.69) is 0 Å². The fraction of sp³-hybridized carbons (Fsp3) is 1.00. The molecule has 0 bridgehead atoms. The number of alkyl halides is 3. The molecule has 1 rings (SSSR count). The molecule has 0 radical (unpaired) electrons. The van der Waals surface area contributed by atoms with Gasteiger partial charge >= 0.3 is 6.18 Å². The third-order valence-corrected chi connectivity index (χ3v) is 3.04. The van der Waals surface area contributed by atoms with Crippen molar-refractivity contribution in [2.45, 2.75) is 44.7 Å². The molecule has 0 spiro atoms. The van der Waals surface area contributed by atoms with Gasteiger partial charge < -0.3 is 5.11 Å². The maximum Gasteiger partial charge on any atom is 0.389 e. The van der Waals surface area contributed by atoms with Crippen LogP contribution in [0.5, 0.6) is 0 Å². The van der Waals surface area contributed by atoms with E-state index in [-0.39, 0.29) is 12.5 Å². The molecule has 1 saturated carbocycles. The van der Waals surface area contributed by atoms with E-state index in [9.17, 15) is 13.2 Å². The summed E-state index contributed by atoms with van der Waals surface area (Å²) in [5.41, 5.74) is 0. The van der Waals surface area contributed by atoms with E-state index in [1.54, 1.807) is 0 Å². The first-order chi connectivity index (χ1) is 6.53. The summed E-state index contributed by atoms with van der Waals surface area (Å²) in [5.74, 6) is -0.495. The van der Waals surface area contributed by atoms with Crippen LogP contribution in [-0.4, -0.2) is 17.9 Å². The van der Waals surface area contributed by atoms with Crippen molar-refractivity contribution in [3.8, 4) is 0 Å². The second-order valence-corrected chi connectivity index (χ2v) is 4.16. The Bertz CT molecular complexity index is 161. The number of aliphatic hydroxyl groups excluding tert-OH is 1. The van der Waals surface area contributed by atoms with Crippen molar-refractivity contribution in [1.82, 2.24) is 0 Å². The Balaban J connectivity index is 2.43. The van der Waals surface area contributed by atoms with Crippen LogP contribution in [0.3, 0.4) is 0 Å². The van der Waals surface area contributed by atoms with Gasteiger partial charge in [0.25, 0.3) is 0 Å². The minimum absolute atomic E-state index is 0.0791. The van der Waals surface area contributed by atoms with Crippen molar-refractivity contribution in [2.75, 3.05) is 6.61 Å². The number of hydrogen-bond donors (Lipinski definition) is 1. The van der Waals surface area contributed by atoms with Crippen LogP contribution >= 0.6 is 0 Å². The third kappa shape index (κ3) is 3.86. The highest BCUT2D eigenvalue weighted by Gasteiger charge is 2.35. The van der Waals surface area contributed by atoms with Gasteiger partial charge in [-0.3, -0.25) is 0 Å². The molecule has 1 aliphatic carbocycles. The average molecular weight is 210 g/mol. The van der Waals surface area contributed by atoms with Crippen LogP contribution in [0.15, 0.2) is 0 Å². The highest BCUT2D eigenvalue weighted by molar-refractivity contribution is 4.75. The molecule has 0 aliphatic heterocycles. The van der Waals surface area contributed by atoms with E-state index >= 15 is 0 Å². The Morgan fingerprint density at radius 2 is 1.71 bits per heavy atom. The predicted octanol–water partition coefficient (Wildman–Crippen LogP) is 3.13. The molecule has 14 heavy (non-hydrogen) atoms. The second kappa shape index (κ2) is 5.01. The van der Waals surface area contributed by atoms with Crippen LogP contribution in [0, 0.1) is 11.8 Å². The Hall–Kier alpha value is -0.250. The van der Waals surface area contributed by atoms with E-state index < -0.39 is 18.5 Å². The Labute approximate surface area is 82.3 Å². The van der Waals surface area contributed by atoms with Gasteiger partial charge in [0.05, 0.1) is 0 Å². The van der Waals surface area contributed by atoms with Gasteiger partial charge in [-0.1, -0.05) is 32.1 Å². The smallest absolute Gasteiger partial charge is 0.389 e. The zero-order valence-corrected chi connectivity index (χ0v) is 8.19. The van der Waals surface area contributed by atoms with Crippen LogP contribution in [0.4, 0.5) is 13.2 Å². The lowest BCUT2D eigenvalue weighted by Gasteiger charge is -2.29. The average Bonchev–Trinajstić information content (AvgIpc) is 2.14. The summed E-state index contributed by atoms with van der Waals surface area (Å²) in [6, 6.07) is 0. The monoisotopic (exact) mass is 210 g/mol. The molecule has 0 amide bonds. The van der Waals surface area contributed by atoms with Gasteiger partial charge in [0.1, 0.15) is 0 Å². The third-order valence-electron chi connectivity index (χ3n) is 3.04. The molecule has 0 aromatic heterocycles. The molecule has 84 valence electrons. The van der Waals surface area contributed by atoms with Crippen molar-refractivity contribution in [3.63, 3.8) is 0 Å². The first kappa shape index (κ1) is 11.8. The zero-order chi connectivity index (χ0) is 10.6. The van der Waals surface area contributed by atoms with E-state index in [1.807, 2.05) is 0 Å². The van der Waals surface area contributed by atoms with Crippen molar-refractivity contribution in [3.05, 3.63) is 0 Å². The van der Waals surface area contributed by atoms with Gasteiger partial charge in [-0.25, -0.2) is 0 Å². The van der Waals surface area contributed by atoms with E-state index in [0.29, 0.717) is 0 Å². The standard InChI is InChI=1S/C10H17F3O/c11-10(12,13)6-9(7-14)8-4-2-1-3-5-8/h8-9,14H,1-7H2/t9-/m0/s1. The van der Waals surface area contributed by atoms with Gasteiger partial charge in [-0.15, -0.1) is 0 Å². The SMILES string of the molecule is OC[C@H](CC(F)(F)F)C1CCCCC1. The summed E-state index contributed by atoms with van der Waals surface area (Å²) in [6.45, 7) is -0.329. The van der Waals surface area contributed by atoms with Gasteiger partial charge in [0.2, 0.25) is 0 Å². The number of rotatable bonds is 3. The number of hydrogen-bond acceptors (Lipinski definition) is 1. The fourth-order valence-electron chi connectivity index (χ4n) is 2.28. The maximum absolute atomic E-state index is 12.1. The lowest BCUT2D eigenvalue weighted by atomic mass is 9.79. The van der Waals surface area contributed by atoms with E-state index in [1.165, 1.54) is 0 Å². The maximum atomic E-state index is 12.1. The minimum Gasteiger partial charge on any atom is -0.396 e. The van der Waals surface area contributed by atoms with E-state index in [4.69, 9.17) is 5.11 Å². The minimum atomic E-state index is -4.13. The quantitative estimate of drug-likeness (QED) is 0.758. The molecular weight excluding hydrogens is 193 g/mol. The molecule has 1 N–H and O–H groups in total. The van der Waals surface area contributed by atoms with Crippen LogP contribution in [-0.2, 0) is 0 Å². The topological polar surface area (TPSA) is 20.2 Å². The van der Waals surface area contributed by atoms with Crippen molar-refractivity contribution >= 4 is 0 Å². The molecule has 4 heteroatoms. The number of aliphatic hydroxyl groups is 1. The molecule has 0 aromatic carbocycles. The van der Waals surface area contributed by atoms with E-state index in [0.717, 1.165) is 32.1 Å². The highest BCUT2D eigenvalue weighted by Crippen LogP contribution is 2.36. The molecule has 0 unspecified atom stereocenters. The van der Waals surface area contributed by atoms with Crippen LogP contribution in [0.1, 0.15) is 38.5 Å². The Morgan fingerprint density at radius 3 is 2.14 bits per heavy atom. The molecule has 1 fully saturated rings. The molecule has 0 saturated heterocycles. The Morgan fingerprint density at radius 1 is 1.14 bits per heavy atom. The first-order valence-electron chi connectivity index (χ1n) is 5.20. The molecular formula is C10H17F3O. The molecule has 1 atom stereocenters. The summed E-state index contributed by atoms with van der Waals surface area (Å²) in [4.78, 5) is 0. The molecule has 0 aromatic rings. The fourth-order valence-corrected chi connectivity index (χ4v) is 2.28. The summed E-state index contributed by atoms with van der Waals surface area (Å²) in [7, 11) is 0. The van der Waals surface area contributed by atoms with Crippen molar-refractivity contribution in [1.29, 1.82) is 0 Å². The highest BCUT2D eigenvalue weighted by atomic mass is 19.4. The predicted molar refractivity (Wildman–Crippen MR) is 47.8 cm³/mol. The first-order valence-corrected chi connectivity index (χ1v) is 5.20.